The minimum atomic E-state index is -0.939. The largest absolute Gasteiger partial charge is 0.465 e. The number of hydrogen-bond acceptors (Lipinski definition) is 3. The second kappa shape index (κ2) is 7.27. The van der Waals surface area contributed by atoms with Crippen LogP contribution in [0.4, 0.5) is 8.78 Å². The SMILES string of the molecule is C#CCCOC(=O)CCC(=O)c1ccc(F)cc1F. The Morgan fingerprint density at radius 1 is 1.26 bits per heavy atom. The quantitative estimate of drug-likeness (QED) is 0.344. The van der Waals surface area contributed by atoms with Gasteiger partial charge in [0.2, 0.25) is 0 Å². The van der Waals surface area contributed by atoms with Crippen LogP contribution in [0.2, 0.25) is 0 Å². The smallest absolute Gasteiger partial charge is 0.306 e. The van der Waals surface area contributed by atoms with E-state index in [4.69, 9.17) is 11.2 Å². The van der Waals surface area contributed by atoms with Gasteiger partial charge < -0.3 is 4.74 Å². The number of esters is 1. The van der Waals surface area contributed by atoms with Crippen LogP contribution in [0.1, 0.15) is 29.6 Å². The van der Waals surface area contributed by atoms with Gasteiger partial charge in [0.25, 0.3) is 0 Å². The molecule has 1 aromatic carbocycles. The molecule has 0 atom stereocenters. The molecule has 0 N–H and O–H groups in total. The normalized spacial score (nSPS) is 9.74. The molecule has 0 aliphatic rings. The van der Waals surface area contributed by atoms with E-state index in [-0.39, 0.29) is 25.0 Å². The lowest BCUT2D eigenvalue weighted by molar-refractivity contribution is -0.143. The van der Waals surface area contributed by atoms with Crippen molar-refractivity contribution < 1.29 is 23.1 Å². The van der Waals surface area contributed by atoms with Crippen molar-refractivity contribution in [3.8, 4) is 12.3 Å². The molecular formula is C14H12F2O3. The van der Waals surface area contributed by atoms with E-state index in [1.807, 2.05) is 0 Å². The lowest BCUT2D eigenvalue weighted by atomic mass is 10.1. The summed E-state index contributed by atoms with van der Waals surface area (Å²) in [6, 6.07) is 2.66. The van der Waals surface area contributed by atoms with E-state index in [0.717, 1.165) is 12.1 Å². The van der Waals surface area contributed by atoms with Crippen LogP contribution in [0.25, 0.3) is 0 Å². The van der Waals surface area contributed by atoms with Crippen molar-refractivity contribution in [3.05, 3.63) is 35.4 Å². The number of carbonyl (C=O) groups is 2. The predicted octanol–water partition coefficient (Wildman–Crippen LogP) is 2.49. The lowest BCUT2D eigenvalue weighted by Gasteiger charge is -2.03. The molecule has 0 fully saturated rings. The molecule has 0 unspecified atom stereocenters. The Labute approximate surface area is 109 Å². The maximum Gasteiger partial charge on any atom is 0.306 e. The zero-order valence-electron chi connectivity index (χ0n) is 10.1. The third-order valence-electron chi connectivity index (χ3n) is 2.30. The fourth-order valence-electron chi connectivity index (χ4n) is 1.36. The van der Waals surface area contributed by atoms with Gasteiger partial charge in [0.05, 0.1) is 12.0 Å². The van der Waals surface area contributed by atoms with Crippen LogP contribution in [-0.4, -0.2) is 18.4 Å². The van der Waals surface area contributed by atoms with Crippen molar-refractivity contribution in [1.82, 2.24) is 0 Å². The molecule has 0 amide bonds. The number of carbonyl (C=O) groups excluding carboxylic acids is 2. The first-order chi connectivity index (χ1) is 9.04. The summed E-state index contributed by atoms with van der Waals surface area (Å²) in [5.41, 5.74) is -0.238. The second-order valence-corrected chi connectivity index (χ2v) is 3.72. The molecule has 0 aromatic heterocycles. The molecule has 1 rings (SSSR count). The van der Waals surface area contributed by atoms with Gasteiger partial charge in [0.15, 0.2) is 5.78 Å². The Bertz CT molecular complexity index is 518. The number of Topliss-reactive ketones (excluding diaryl/α,β-unsaturated/α-hetero) is 1. The van der Waals surface area contributed by atoms with Gasteiger partial charge in [-0.15, -0.1) is 12.3 Å². The fourth-order valence-corrected chi connectivity index (χ4v) is 1.36. The third-order valence-corrected chi connectivity index (χ3v) is 2.30. The fraction of sp³-hybridized carbons (Fsp3) is 0.286. The molecule has 100 valence electrons. The summed E-state index contributed by atoms with van der Waals surface area (Å²) in [4.78, 5) is 22.8. The van der Waals surface area contributed by atoms with Gasteiger partial charge in [-0.25, -0.2) is 8.78 Å². The molecule has 19 heavy (non-hydrogen) atoms. The Morgan fingerprint density at radius 2 is 2.00 bits per heavy atom. The first kappa shape index (κ1) is 14.8. The molecule has 0 saturated heterocycles. The molecule has 0 bridgehead atoms. The molecule has 5 heteroatoms. The summed E-state index contributed by atoms with van der Waals surface area (Å²) >= 11 is 0. The standard InChI is InChI=1S/C14H12F2O3/c1-2-3-8-19-14(18)7-6-13(17)11-5-4-10(15)9-12(11)16/h1,4-5,9H,3,6-8H2. The average Bonchev–Trinajstić information content (AvgIpc) is 2.36. The summed E-state index contributed by atoms with van der Waals surface area (Å²) in [5.74, 6) is -0.558. The minimum Gasteiger partial charge on any atom is -0.465 e. The lowest BCUT2D eigenvalue weighted by Crippen LogP contribution is -2.10. The van der Waals surface area contributed by atoms with E-state index in [1.54, 1.807) is 0 Å². The molecule has 0 saturated carbocycles. The molecule has 0 aliphatic heterocycles. The van der Waals surface area contributed by atoms with Gasteiger partial charge >= 0.3 is 5.97 Å². The van der Waals surface area contributed by atoms with Crippen LogP contribution < -0.4 is 0 Å². The highest BCUT2D eigenvalue weighted by atomic mass is 19.1. The number of halogens is 2. The predicted molar refractivity (Wildman–Crippen MR) is 64.3 cm³/mol. The third kappa shape index (κ3) is 4.88. The van der Waals surface area contributed by atoms with E-state index < -0.39 is 23.4 Å². The average molecular weight is 266 g/mol. The summed E-state index contributed by atoms with van der Waals surface area (Å²) in [5, 5.41) is 0. The van der Waals surface area contributed by atoms with Crippen molar-refractivity contribution in [2.45, 2.75) is 19.3 Å². The summed E-state index contributed by atoms with van der Waals surface area (Å²) in [7, 11) is 0. The Kier molecular flexibility index (Phi) is 5.68. The number of rotatable bonds is 6. The Hall–Kier alpha value is -2.22. The van der Waals surface area contributed by atoms with Crippen LogP contribution in [0, 0.1) is 24.0 Å². The number of benzene rings is 1. The van der Waals surface area contributed by atoms with E-state index in [1.165, 1.54) is 0 Å². The van der Waals surface area contributed by atoms with Crippen molar-refractivity contribution in [2.75, 3.05) is 6.61 Å². The molecule has 0 radical (unpaired) electrons. The highest BCUT2D eigenvalue weighted by molar-refractivity contribution is 5.97. The van der Waals surface area contributed by atoms with Crippen LogP contribution in [-0.2, 0) is 9.53 Å². The van der Waals surface area contributed by atoms with Crippen molar-refractivity contribution in [1.29, 1.82) is 0 Å². The van der Waals surface area contributed by atoms with E-state index in [0.29, 0.717) is 12.5 Å². The van der Waals surface area contributed by atoms with Gasteiger partial charge in [-0.1, -0.05) is 0 Å². The van der Waals surface area contributed by atoms with E-state index >= 15 is 0 Å². The van der Waals surface area contributed by atoms with Gasteiger partial charge in [0.1, 0.15) is 18.2 Å². The zero-order valence-corrected chi connectivity index (χ0v) is 10.1. The number of terminal acetylenes is 1. The summed E-state index contributed by atoms with van der Waals surface area (Å²) < 4.78 is 30.7. The highest BCUT2D eigenvalue weighted by Gasteiger charge is 2.14. The van der Waals surface area contributed by atoms with Crippen molar-refractivity contribution >= 4 is 11.8 Å². The Balaban J connectivity index is 2.47. The second-order valence-electron chi connectivity index (χ2n) is 3.72. The molecule has 1 aromatic rings. The number of ketones is 1. The Morgan fingerprint density at radius 3 is 2.63 bits per heavy atom. The number of ether oxygens (including phenoxy) is 1. The van der Waals surface area contributed by atoms with Crippen molar-refractivity contribution in [2.24, 2.45) is 0 Å². The summed E-state index contributed by atoms with van der Waals surface area (Å²) in [6.45, 7) is 0.0917. The maximum absolute atomic E-state index is 13.3. The topological polar surface area (TPSA) is 43.4 Å². The highest BCUT2D eigenvalue weighted by Crippen LogP contribution is 2.13. The number of hydrogen-bond donors (Lipinski definition) is 0. The first-order valence-corrected chi connectivity index (χ1v) is 5.62. The van der Waals surface area contributed by atoms with Crippen LogP contribution in [0.3, 0.4) is 0 Å². The molecular weight excluding hydrogens is 254 g/mol. The van der Waals surface area contributed by atoms with Crippen LogP contribution in [0.15, 0.2) is 18.2 Å². The molecule has 0 aliphatic carbocycles. The minimum absolute atomic E-state index is 0.0917. The molecule has 0 heterocycles. The summed E-state index contributed by atoms with van der Waals surface area (Å²) in [6.07, 6.45) is 4.91. The van der Waals surface area contributed by atoms with Gasteiger partial charge in [-0.2, -0.15) is 0 Å². The van der Waals surface area contributed by atoms with Crippen LogP contribution in [0.5, 0.6) is 0 Å². The monoisotopic (exact) mass is 266 g/mol. The van der Waals surface area contributed by atoms with Crippen LogP contribution >= 0.6 is 0 Å². The molecule has 0 spiro atoms. The van der Waals surface area contributed by atoms with E-state index in [2.05, 4.69) is 5.92 Å². The van der Waals surface area contributed by atoms with Gasteiger partial charge in [-0.3, -0.25) is 9.59 Å². The first-order valence-electron chi connectivity index (χ1n) is 5.62. The molecule has 3 nitrogen and oxygen atoms in total. The van der Waals surface area contributed by atoms with Gasteiger partial charge in [0, 0.05) is 18.9 Å². The maximum atomic E-state index is 13.3. The van der Waals surface area contributed by atoms with E-state index in [9.17, 15) is 18.4 Å². The zero-order chi connectivity index (χ0) is 14.3. The van der Waals surface area contributed by atoms with Gasteiger partial charge in [-0.05, 0) is 12.1 Å². The van der Waals surface area contributed by atoms with Crippen molar-refractivity contribution in [3.63, 3.8) is 0 Å².